The molecule has 2 N–H and O–H groups in total. The lowest BCUT2D eigenvalue weighted by atomic mass is 9.96. The van der Waals surface area contributed by atoms with Crippen LogP contribution in [0.5, 0.6) is 0 Å². The highest BCUT2D eigenvalue weighted by atomic mass is 32.2. The van der Waals surface area contributed by atoms with Crippen molar-refractivity contribution < 1.29 is 13.2 Å². The summed E-state index contributed by atoms with van der Waals surface area (Å²) in [5.41, 5.74) is 1.23. The molecular formula is C21H26N2O3S. The van der Waals surface area contributed by atoms with Gasteiger partial charge in [0.15, 0.2) is 9.84 Å². The van der Waals surface area contributed by atoms with Gasteiger partial charge in [0, 0.05) is 12.1 Å². The number of hydrogen-bond acceptors (Lipinski definition) is 4. The summed E-state index contributed by atoms with van der Waals surface area (Å²) in [6.45, 7) is 2.74. The Morgan fingerprint density at radius 2 is 1.81 bits per heavy atom. The molecule has 0 bridgehead atoms. The van der Waals surface area contributed by atoms with Crippen molar-refractivity contribution in [1.29, 1.82) is 0 Å². The van der Waals surface area contributed by atoms with Gasteiger partial charge in [-0.15, -0.1) is 0 Å². The number of amides is 1. The van der Waals surface area contributed by atoms with E-state index in [1.807, 2.05) is 18.2 Å². The van der Waals surface area contributed by atoms with Crippen molar-refractivity contribution in [2.75, 3.05) is 19.6 Å². The second-order valence-corrected chi connectivity index (χ2v) is 9.02. The summed E-state index contributed by atoms with van der Waals surface area (Å²) in [5.74, 6) is 0.407. The van der Waals surface area contributed by atoms with Crippen molar-refractivity contribution in [3.8, 4) is 0 Å². The van der Waals surface area contributed by atoms with Gasteiger partial charge in [0.25, 0.3) is 5.91 Å². The molecule has 6 heteroatoms. The number of benzene rings is 2. The molecule has 5 nitrogen and oxygen atoms in total. The van der Waals surface area contributed by atoms with Crippen molar-refractivity contribution >= 4 is 15.7 Å². The molecule has 1 aliphatic heterocycles. The van der Waals surface area contributed by atoms with E-state index in [9.17, 15) is 13.2 Å². The van der Waals surface area contributed by atoms with E-state index in [1.165, 1.54) is 25.0 Å². The molecule has 144 valence electrons. The molecule has 0 radical (unpaired) electrons. The van der Waals surface area contributed by atoms with Gasteiger partial charge in [-0.05, 0) is 68.1 Å². The summed E-state index contributed by atoms with van der Waals surface area (Å²) in [5, 5.41) is 6.30. The number of hydrogen-bond donors (Lipinski definition) is 2. The lowest BCUT2D eigenvalue weighted by Gasteiger charge is -2.22. The third kappa shape index (κ3) is 5.65. The fourth-order valence-electron chi connectivity index (χ4n) is 3.35. The third-order valence-corrected chi connectivity index (χ3v) is 6.62. The van der Waals surface area contributed by atoms with Crippen LogP contribution in [0.2, 0.25) is 0 Å². The zero-order valence-corrected chi connectivity index (χ0v) is 16.2. The van der Waals surface area contributed by atoms with Gasteiger partial charge >= 0.3 is 0 Å². The standard InChI is InChI=1S/C21H26N2O3S/c24-21(23-14-12-17-7-4-13-22-15-17)19-8-10-20(11-9-19)27(25,26)16-18-5-2-1-3-6-18/h1-3,5-6,8-11,17,22H,4,7,12-16H2,(H,23,24). The fraction of sp³-hybridized carbons (Fsp3) is 0.381. The van der Waals surface area contributed by atoms with Crippen molar-refractivity contribution in [3.63, 3.8) is 0 Å². The van der Waals surface area contributed by atoms with Crippen LogP contribution in [-0.4, -0.2) is 34.0 Å². The number of piperidine rings is 1. The van der Waals surface area contributed by atoms with Crippen LogP contribution in [-0.2, 0) is 15.6 Å². The van der Waals surface area contributed by atoms with Gasteiger partial charge in [-0.1, -0.05) is 30.3 Å². The summed E-state index contributed by atoms with van der Waals surface area (Å²) < 4.78 is 25.0. The average Bonchev–Trinajstić information content (AvgIpc) is 2.69. The van der Waals surface area contributed by atoms with Crippen LogP contribution in [0.4, 0.5) is 0 Å². The molecule has 3 rings (SSSR count). The normalized spacial score (nSPS) is 17.4. The predicted molar refractivity (Wildman–Crippen MR) is 106 cm³/mol. The topological polar surface area (TPSA) is 75.3 Å². The van der Waals surface area contributed by atoms with Gasteiger partial charge in [0.1, 0.15) is 0 Å². The van der Waals surface area contributed by atoms with Gasteiger partial charge in [0.05, 0.1) is 10.6 Å². The third-order valence-electron chi connectivity index (χ3n) is 4.91. The second kappa shape index (κ2) is 9.15. The van der Waals surface area contributed by atoms with Crippen LogP contribution in [0, 0.1) is 5.92 Å². The molecule has 1 aliphatic rings. The molecule has 0 spiro atoms. The minimum absolute atomic E-state index is 0.0468. The highest BCUT2D eigenvalue weighted by molar-refractivity contribution is 7.90. The zero-order chi connectivity index (χ0) is 19.1. The lowest BCUT2D eigenvalue weighted by molar-refractivity contribution is 0.0950. The maximum absolute atomic E-state index is 12.5. The Labute approximate surface area is 161 Å². The van der Waals surface area contributed by atoms with Gasteiger partial charge < -0.3 is 10.6 Å². The SMILES string of the molecule is O=C(NCCC1CCCNC1)c1ccc(S(=O)(=O)Cc2ccccc2)cc1. The Hall–Kier alpha value is -2.18. The molecule has 1 fully saturated rings. The molecule has 0 aliphatic carbocycles. The quantitative estimate of drug-likeness (QED) is 0.767. The first kappa shape index (κ1) is 19.6. The minimum Gasteiger partial charge on any atom is -0.352 e. The fourth-order valence-corrected chi connectivity index (χ4v) is 4.70. The summed E-state index contributed by atoms with van der Waals surface area (Å²) in [4.78, 5) is 12.5. The van der Waals surface area contributed by atoms with Gasteiger partial charge in [-0.25, -0.2) is 8.42 Å². The smallest absolute Gasteiger partial charge is 0.251 e. The van der Waals surface area contributed by atoms with Crippen molar-refractivity contribution in [1.82, 2.24) is 10.6 Å². The highest BCUT2D eigenvalue weighted by Gasteiger charge is 2.17. The second-order valence-electron chi connectivity index (χ2n) is 7.03. The number of sulfone groups is 1. The van der Waals surface area contributed by atoms with Crippen LogP contribution >= 0.6 is 0 Å². The van der Waals surface area contributed by atoms with Gasteiger partial charge in [-0.3, -0.25) is 4.79 Å². The molecule has 1 saturated heterocycles. The Morgan fingerprint density at radius 3 is 2.48 bits per heavy atom. The number of rotatable bonds is 7. The van der Waals surface area contributed by atoms with E-state index in [0.717, 1.165) is 25.1 Å². The maximum Gasteiger partial charge on any atom is 0.251 e. The monoisotopic (exact) mass is 386 g/mol. The first-order valence-electron chi connectivity index (χ1n) is 9.40. The van der Waals surface area contributed by atoms with E-state index in [0.29, 0.717) is 18.0 Å². The molecule has 2 aromatic rings. The van der Waals surface area contributed by atoms with Crippen LogP contribution in [0.3, 0.4) is 0 Å². The summed E-state index contributed by atoms with van der Waals surface area (Å²) in [6, 6.07) is 15.3. The highest BCUT2D eigenvalue weighted by Crippen LogP contribution is 2.17. The van der Waals surface area contributed by atoms with E-state index < -0.39 is 9.84 Å². The van der Waals surface area contributed by atoms with Crippen LogP contribution in [0.25, 0.3) is 0 Å². The summed E-state index contributed by atoms with van der Waals surface area (Å²) in [6.07, 6.45) is 3.36. The molecule has 1 heterocycles. The van der Waals surface area contributed by atoms with Crippen molar-refractivity contribution in [2.24, 2.45) is 5.92 Å². The van der Waals surface area contributed by atoms with E-state index >= 15 is 0 Å². The zero-order valence-electron chi connectivity index (χ0n) is 15.4. The molecule has 27 heavy (non-hydrogen) atoms. The number of carbonyl (C=O) groups is 1. The summed E-state index contributed by atoms with van der Waals surface area (Å²) >= 11 is 0. The van der Waals surface area contributed by atoms with Gasteiger partial charge in [0.2, 0.25) is 0 Å². The predicted octanol–water partition coefficient (Wildman–Crippen LogP) is 2.78. The Bertz CT molecular complexity index is 843. The van der Waals surface area contributed by atoms with E-state index in [2.05, 4.69) is 10.6 Å². The number of nitrogens with one attached hydrogen (secondary N) is 2. The summed E-state index contributed by atoms with van der Waals surface area (Å²) in [7, 11) is -3.43. The number of carbonyl (C=O) groups excluding carboxylic acids is 1. The van der Waals surface area contributed by atoms with Crippen molar-refractivity contribution in [2.45, 2.75) is 29.9 Å². The molecule has 0 saturated carbocycles. The van der Waals surface area contributed by atoms with Crippen LogP contribution in [0.15, 0.2) is 59.5 Å². The Morgan fingerprint density at radius 1 is 1.07 bits per heavy atom. The molecule has 2 aromatic carbocycles. The van der Waals surface area contributed by atoms with E-state index in [1.54, 1.807) is 24.3 Å². The lowest BCUT2D eigenvalue weighted by Crippen LogP contribution is -2.33. The molecule has 1 atom stereocenters. The maximum atomic E-state index is 12.5. The largest absolute Gasteiger partial charge is 0.352 e. The van der Waals surface area contributed by atoms with E-state index in [4.69, 9.17) is 0 Å². The van der Waals surface area contributed by atoms with Crippen molar-refractivity contribution in [3.05, 3.63) is 65.7 Å². The van der Waals surface area contributed by atoms with Gasteiger partial charge in [-0.2, -0.15) is 0 Å². The molecule has 1 unspecified atom stereocenters. The molecular weight excluding hydrogens is 360 g/mol. The minimum atomic E-state index is -3.43. The first-order chi connectivity index (χ1) is 13.0. The van der Waals surface area contributed by atoms with Crippen LogP contribution in [0.1, 0.15) is 35.2 Å². The average molecular weight is 387 g/mol. The Balaban J connectivity index is 1.55. The molecule has 1 amide bonds. The van der Waals surface area contributed by atoms with Crippen LogP contribution < -0.4 is 10.6 Å². The first-order valence-corrected chi connectivity index (χ1v) is 11.1. The molecule has 0 aromatic heterocycles. The Kier molecular flexibility index (Phi) is 6.63. The van der Waals surface area contributed by atoms with E-state index in [-0.39, 0.29) is 16.6 Å².